The van der Waals surface area contributed by atoms with Gasteiger partial charge in [-0.3, -0.25) is 0 Å². The van der Waals surface area contributed by atoms with E-state index in [1.807, 2.05) is 38.1 Å². The first-order chi connectivity index (χ1) is 6.66. The van der Waals surface area contributed by atoms with Crippen LogP contribution in [0.3, 0.4) is 0 Å². The van der Waals surface area contributed by atoms with Crippen LogP contribution in [-0.2, 0) is 0 Å². The number of aromatic nitrogens is 1. The molecular weight excluding hydrogens is 198 g/mol. The Balaban J connectivity index is 2.44. The third-order valence-corrected chi connectivity index (χ3v) is 2.37. The van der Waals surface area contributed by atoms with Gasteiger partial charge in [0.15, 0.2) is 0 Å². The van der Waals surface area contributed by atoms with Crippen LogP contribution in [0.25, 0.3) is 11.5 Å². The molecule has 14 heavy (non-hydrogen) atoms. The van der Waals surface area contributed by atoms with Crippen LogP contribution in [0.5, 0.6) is 0 Å². The fourth-order valence-electron chi connectivity index (χ4n) is 1.19. The van der Waals surface area contributed by atoms with Crippen LogP contribution < -0.4 is 0 Å². The molecule has 3 heteroatoms. The van der Waals surface area contributed by atoms with Crippen LogP contribution >= 0.6 is 11.6 Å². The molecule has 0 fully saturated rings. The number of hydrogen-bond donors (Lipinski definition) is 0. The number of aryl methyl sites for hydroxylation is 2. The van der Waals surface area contributed by atoms with Gasteiger partial charge in [-0.05, 0) is 38.1 Å². The van der Waals surface area contributed by atoms with Crippen LogP contribution in [0, 0.1) is 13.8 Å². The van der Waals surface area contributed by atoms with Crippen molar-refractivity contribution in [2.45, 2.75) is 13.8 Å². The second-order valence-electron chi connectivity index (χ2n) is 3.17. The average molecular weight is 208 g/mol. The number of rotatable bonds is 1. The predicted octanol–water partition coefficient (Wildman–Crippen LogP) is 3.61. The standard InChI is InChI=1S/C11H10ClNO/c1-7-8(2)14-11(13-7)9-3-5-10(12)6-4-9/h3-6H,1-2H3. The van der Waals surface area contributed by atoms with Crippen molar-refractivity contribution in [3.63, 3.8) is 0 Å². The fourth-order valence-corrected chi connectivity index (χ4v) is 1.31. The number of nitrogens with zero attached hydrogens (tertiary/aromatic N) is 1. The molecule has 0 radical (unpaired) electrons. The van der Waals surface area contributed by atoms with Gasteiger partial charge in [-0.2, -0.15) is 0 Å². The van der Waals surface area contributed by atoms with Crippen LogP contribution in [0.1, 0.15) is 11.5 Å². The zero-order valence-corrected chi connectivity index (χ0v) is 8.80. The summed E-state index contributed by atoms with van der Waals surface area (Å²) >= 11 is 5.78. The summed E-state index contributed by atoms with van der Waals surface area (Å²) in [7, 11) is 0. The summed E-state index contributed by atoms with van der Waals surface area (Å²) in [5, 5.41) is 0.716. The third kappa shape index (κ3) is 1.66. The molecule has 2 nitrogen and oxygen atoms in total. The van der Waals surface area contributed by atoms with Crippen molar-refractivity contribution < 1.29 is 4.42 Å². The van der Waals surface area contributed by atoms with E-state index in [2.05, 4.69) is 4.98 Å². The molecule has 1 heterocycles. The van der Waals surface area contributed by atoms with Crippen LogP contribution in [0.4, 0.5) is 0 Å². The van der Waals surface area contributed by atoms with Crippen molar-refractivity contribution in [3.05, 3.63) is 40.7 Å². The van der Waals surface area contributed by atoms with Gasteiger partial charge in [-0.1, -0.05) is 11.6 Å². The van der Waals surface area contributed by atoms with Crippen molar-refractivity contribution in [1.29, 1.82) is 0 Å². The van der Waals surface area contributed by atoms with E-state index < -0.39 is 0 Å². The lowest BCUT2D eigenvalue weighted by atomic mass is 10.2. The lowest BCUT2D eigenvalue weighted by Gasteiger charge is -1.94. The van der Waals surface area contributed by atoms with Gasteiger partial charge in [-0.15, -0.1) is 0 Å². The van der Waals surface area contributed by atoms with Crippen molar-refractivity contribution in [1.82, 2.24) is 4.98 Å². The minimum atomic E-state index is 0.650. The van der Waals surface area contributed by atoms with Crippen LogP contribution in [-0.4, -0.2) is 4.98 Å². The minimum Gasteiger partial charge on any atom is -0.441 e. The van der Waals surface area contributed by atoms with Gasteiger partial charge in [0.2, 0.25) is 5.89 Å². The highest BCUT2D eigenvalue weighted by atomic mass is 35.5. The topological polar surface area (TPSA) is 26.0 Å². The van der Waals surface area contributed by atoms with E-state index in [1.54, 1.807) is 0 Å². The van der Waals surface area contributed by atoms with Gasteiger partial charge >= 0.3 is 0 Å². The average Bonchev–Trinajstić information content (AvgIpc) is 2.48. The van der Waals surface area contributed by atoms with E-state index in [0.29, 0.717) is 10.9 Å². The highest BCUT2D eigenvalue weighted by Crippen LogP contribution is 2.22. The van der Waals surface area contributed by atoms with E-state index in [0.717, 1.165) is 17.0 Å². The molecule has 1 aromatic heterocycles. The zero-order valence-electron chi connectivity index (χ0n) is 8.04. The smallest absolute Gasteiger partial charge is 0.226 e. The van der Waals surface area contributed by atoms with E-state index in [1.165, 1.54) is 0 Å². The van der Waals surface area contributed by atoms with E-state index in [9.17, 15) is 0 Å². The van der Waals surface area contributed by atoms with Crippen molar-refractivity contribution in [2.75, 3.05) is 0 Å². The molecule has 1 aromatic carbocycles. The summed E-state index contributed by atoms with van der Waals surface area (Å²) in [6.07, 6.45) is 0. The second kappa shape index (κ2) is 3.46. The summed E-state index contributed by atoms with van der Waals surface area (Å²) in [5.74, 6) is 1.51. The quantitative estimate of drug-likeness (QED) is 0.714. The normalized spacial score (nSPS) is 10.5. The molecule has 0 saturated carbocycles. The molecule has 0 bridgehead atoms. The van der Waals surface area contributed by atoms with Crippen molar-refractivity contribution >= 4 is 11.6 Å². The van der Waals surface area contributed by atoms with Gasteiger partial charge < -0.3 is 4.42 Å². The molecular formula is C11H10ClNO. The van der Waals surface area contributed by atoms with Gasteiger partial charge in [0.05, 0.1) is 5.69 Å². The van der Waals surface area contributed by atoms with Crippen LogP contribution in [0.2, 0.25) is 5.02 Å². The molecule has 2 aromatic rings. The number of halogens is 1. The molecule has 2 rings (SSSR count). The maximum atomic E-state index is 5.78. The zero-order chi connectivity index (χ0) is 10.1. The molecule has 0 aliphatic heterocycles. The molecule has 0 spiro atoms. The van der Waals surface area contributed by atoms with Crippen molar-refractivity contribution in [2.24, 2.45) is 0 Å². The lowest BCUT2D eigenvalue weighted by Crippen LogP contribution is -1.77. The Bertz CT molecular complexity index is 425. The molecule has 0 N–H and O–H groups in total. The monoisotopic (exact) mass is 207 g/mol. The van der Waals surface area contributed by atoms with Gasteiger partial charge in [0.25, 0.3) is 0 Å². The molecule has 0 aliphatic rings. The lowest BCUT2D eigenvalue weighted by molar-refractivity contribution is 0.541. The SMILES string of the molecule is Cc1nc(-c2ccc(Cl)cc2)oc1C. The van der Waals surface area contributed by atoms with E-state index in [-0.39, 0.29) is 0 Å². The summed E-state index contributed by atoms with van der Waals surface area (Å²) in [4.78, 5) is 4.30. The Morgan fingerprint density at radius 3 is 2.29 bits per heavy atom. The largest absolute Gasteiger partial charge is 0.441 e. The highest BCUT2D eigenvalue weighted by Gasteiger charge is 2.07. The van der Waals surface area contributed by atoms with Gasteiger partial charge in [0, 0.05) is 10.6 Å². The molecule has 72 valence electrons. The summed E-state index contributed by atoms with van der Waals surface area (Å²) in [6, 6.07) is 7.44. The first-order valence-electron chi connectivity index (χ1n) is 4.37. The molecule has 0 aliphatic carbocycles. The number of hydrogen-bond acceptors (Lipinski definition) is 2. The number of oxazole rings is 1. The summed E-state index contributed by atoms with van der Waals surface area (Å²) in [6.45, 7) is 3.83. The molecule has 0 unspecified atom stereocenters. The Hall–Kier alpha value is -1.28. The fraction of sp³-hybridized carbons (Fsp3) is 0.182. The van der Waals surface area contributed by atoms with E-state index in [4.69, 9.17) is 16.0 Å². The first kappa shape index (κ1) is 9.28. The van der Waals surface area contributed by atoms with Crippen molar-refractivity contribution in [3.8, 4) is 11.5 Å². The Morgan fingerprint density at radius 1 is 1.14 bits per heavy atom. The highest BCUT2D eigenvalue weighted by molar-refractivity contribution is 6.30. The van der Waals surface area contributed by atoms with Gasteiger partial charge in [-0.25, -0.2) is 4.98 Å². The Morgan fingerprint density at radius 2 is 1.79 bits per heavy atom. The Labute approximate surface area is 87.5 Å². The molecule has 0 amide bonds. The predicted molar refractivity (Wildman–Crippen MR) is 56.4 cm³/mol. The summed E-state index contributed by atoms with van der Waals surface area (Å²) < 4.78 is 5.49. The maximum absolute atomic E-state index is 5.78. The summed E-state index contributed by atoms with van der Waals surface area (Å²) in [5.41, 5.74) is 1.88. The Kier molecular flexibility index (Phi) is 2.30. The molecule has 0 atom stereocenters. The number of benzene rings is 1. The van der Waals surface area contributed by atoms with Gasteiger partial charge in [0.1, 0.15) is 5.76 Å². The second-order valence-corrected chi connectivity index (χ2v) is 3.60. The van der Waals surface area contributed by atoms with Crippen LogP contribution in [0.15, 0.2) is 28.7 Å². The minimum absolute atomic E-state index is 0.650. The first-order valence-corrected chi connectivity index (χ1v) is 4.74. The maximum Gasteiger partial charge on any atom is 0.226 e. The third-order valence-electron chi connectivity index (χ3n) is 2.12. The van der Waals surface area contributed by atoms with E-state index >= 15 is 0 Å². The molecule has 0 saturated heterocycles.